The van der Waals surface area contributed by atoms with E-state index in [1.165, 1.54) is 5.75 Å². The summed E-state index contributed by atoms with van der Waals surface area (Å²) in [6.07, 6.45) is 1.12. The summed E-state index contributed by atoms with van der Waals surface area (Å²) in [6, 6.07) is 0.00231. The lowest BCUT2D eigenvalue weighted by atomic mass is 10.0. The minimum absolute atomic E-state index is 0.00231. The molecule has 2 amide bonds. The molecule has 0 aromatic rings. The van der Waals surface area contributed by atoms with Gasteiger partial charge >= 0.3 is 6.03 Å². The van der Waals surface area contributed by atoms with Crippen LogP contribution in [0, 0.1) is 0 Å². The molecule has 4 heteroatoms. The summed E-state index contributed by atoms with van der Waals surface area (Å²) in [7, 11) is 0. The molecule has 1 atom stereocenters. The van der Waals surface area contributed by atoms with E-state index in [4.69, 9.17) is 0 Å². The Hall–Kier alpha value is -0.380. The van der Waals surface area contributed by atoms with Gasteiger partial charge in [0.2, 0.25) is 0 Å². The first kappa shape index (κ1) is 6.34. The van der Waals surface area contributed by atoms with Crippen molar-refractivity contribution in [2.75, 3.05) is 18.1 Å². The summed E-state index contributed by atoms with van der Waals surface area (Å²) in [6.45, 7) is 0.818. The Morgan fingerprint density at radius 2 is 2.50 bits per heavy atom. The summed E-state index contributed by atoms with van der Waals surface area (Å²) in [5, 5.41) is 5.75. The van der Waals surface area contributed by atoms with E-state index >= 15 is 0 Å². The summed E-state index contributed by atoms with van der Waals surface area (Å²) in [5.41, 5.74) is 0.113. The molecule has 2 heterocycles. The number of amides is 2. The van der Waals surface area contributed by atoms with Crippen molar-refractivity contribution >= 4 is 17.8 Å². The second-order valence-corrected chi connectivity index (χ2v) is 4.00. The molecule has 0 saturated carbocycles. The summed E-state index contributed by atoms with van der Waals surface area (Å²) >= 11 is 1.92. The fourth-order valence-electron chi connectivity index (χ4n) is 1.42. The molecule has 56 valence electrons. The molecular formula is C6H10N2OS. The monoisotopic (exact) mass is 158 g/mol. The minimum Gasteiger partial charge on any atom is -0.336 e. The molecule has 1 unspecified atom stereocenters. The van der Waals surface area contributed by atoms with Crippen LogP contribution >= 0.6 is 11.8 Å². The Morgan fingerprint density at radius 1 is 1.60 bits per heavy atom. The van der Waals surface area contributed by atoms with Crippen LogP contribution in [0.5, 0.6) is 0 Å². The largest absolute Gasteiger partial charge is 0.336 e. The average Bonchev–Trinajstić information content (AvgIpc) is 2.46. The topological polar surface area (TPSA) is 41.1 Å². The quantitative estimate of drug-likeness (QED) is 0.528. The SMILES string of the molecule is O=C1NCC2(CCSC2)N1. The van der Waals surface area contributed by atoms with Crippen LogP contribution in [-0.4, -0.2) is 29.6 Å². The lowest BCUT2D eigenvalue weighted by Gasteiger charge is -2.18. The summed E-state index contributed by atoms with van der Waals surface area (Å²) < 4.78 is 0. The number of thioether (sulfide) groups is 1. The zero-order valence-corrected chi connectivity index (χ0v) is 6.46. The number of rotatable bonds is 0. The van der Waals surface area contributed by atoms with E-state index in [1.54, 1.807) is 0 Å². The molecule has 2 N–H and O–H groups in total. The van der Waals surface area contributed by atoms with Crippen molar-refractivity contribution in [1.82, 2.24) is 10.6 Å². The average molecular weight is 158 g/mol. The van der Waals surface area contributed by atoms with Crippen LogP contribution in [0.15, 0.2) is 0 Å². The second-order valence-electron chi connectivity index (χ2n) is 2.89. The van der Waals surface area contributed by atoms with Crippen LogP contribution in [0.2, 0.25) is 0 Å². The van der Waals surface area contributed by atoms with Crippen molar-refractivity contribution in [2.24, 2.45) is 0 Å². The highest BCUT2D eigenvalue weighted by Crippen LogP contribution is 2.28. The number of hydrogen-bond donors (Lipinski definition) is 2. The van der Waals surface area contributed by atoms with Gasteiger partial charge in [0, 0.05) is 12.3 Å². The van der Waals surface area contributed by atoms with E-state index < -0.39 is 0 Å². The molecule has 2 aliphatic heterocycles. The smallest absolute Gasteiger partial charge is 0.315 e. The number of carbonyl (C=O) groups excluding carboxylic acids is 1. The highest BCUT2D eigenvalue weighted by molar-refractivity contribution is 7.99. The Morgan fingerprint density at radius 3 is 3.00 bits per heavy atom. The van der Waals surface area contributed by atoms with E-state index in [-0.39, 0.29) is 11.6 Å². The van der Waals surface area contributed by atoms with Gasteiger partial charge in [-0.3, -0.25) is 0 Å². The van der Waals surface area contributed by atoms with E-state index in [2.05, 4.69) is 10.6 Å². The van der Waals surface area contributed by atoms with Gasteiger partial charge in [0.1, 0.15) is 0 Å². The Labute approximate surface area is 63.9 Å². The molecule has 1 spiro atoms. The predicted molar refractivity (Wildman–Crippen MR) is 41.2 cm³/mol. The van der Waals surface area contributed by atoms with Crippen LogP contribution in [0.1, 0.15) is 6.42 Å². The third kappa shape index (κ3) is 0.868. The molecular weight excluding hydrogens is 148 g/mol. The molecule has 2 saturated heterocycles. The van der Waals surface area contributed by atoms with Crippen molar-refractivity contribution < 1.29 is 4.79 Å². The maximum absolute atomic E-state index is 10.8. The van der Waals surface area contributed by atoms with Crippen molar-refractivity contribution in [3.63, 3.8) is 0 Å². The Balaban J connectivity index is 2.09. The van der Waals surface area contributed by atoms with Crippen LogP contribution in [-0.2, 0) is 0 Å². The maximum Gasteiger partial charge on any atom is 0.315 e. The Kier molecular flexibility index (Phi) is 1.30. The first-order valence-electron chi connectivity index (χ1n) is 3.45. The maximum atomic E-state index is 10.8. The Bertz CT molecular complexity index is 165. The number of hydrogen-bond acceptors (Lipinski definition) is 2. The first-order valence-corrected chi connectivity index (χ1v) is 4.60. The standard InChI is InChI=1S/C6H10N2OS/c9-5-7-3-6(8-5)1-2-10-4-6/h1-4H2,(H2,7,8,9). The normalized spacial score (nSPS) is 38.2. The van der Waals surface area contributed by atoms with Gasteiger partial charge in [0.15, 0.2) is 0 Å². The van der Waals surface area contributed by atoms with Gasteiger partial charge in [-0.25, -0.2) is 4.79 Å². The third-order valence-electron chi connectivity index (χ3n) is 2.07. The highest BCUT2D eigenvalue weighted by Gasteiger charge is 2.40. The minimum atomic E-state index is 0.00231. The highest BCUT2D eigenvalue weighted by atomic mass is 32.2. The second kappa shape index (κ2) is 2.05. The first-order chi connectivity index (χ1) is 4.81. The summed E-state index contributed by atoms with van der Waals surface area (Å²) in [4.78, 5) is 10.8. The fraction of sp³-hybridized carbons (Fsp3) is 0.833. The zero-order valence-electron chi connectivity index (χ0n) is 5.64. The molecule has 0 radical (unpaired) electrons. The zero-order chi connectivity index (χ0) is 7.03. The van der Waals surface area contributed by atoms with Crippen molar-refractivity contribution in [1.29, 1.82) is 0 Å². The molecule has 0 bridgehead atoms. The van der Waals surface area contributed by atoms with Crippen molar-refractivity contribution in [3.8, 4) is 0 Å². The van der Waals surface area contributed by atoms with E-state index in [9.17, 15) is 4.79 Å². The van der Waals surface area contributed by atoms with Gasteiger partial charge in [-0.2, -0.15) is 11.8 Å². The predicted octanol–water partition coefficient (Wildman–Crippen LogP) is 0.175. The van der Waals surface area contributed by atoms with E-state index in [0.717, 1.165) is 18.7 Å². The molecule has 0 aliphatic carbocycles. The molecule has 10 heavy (non-hydrogen) atoms. The third-order valence-corrected chi connectivity index (χ3v) is 3.32. The van der Waals surface area contributed by atoms with Gasteiger partial charge in [0.05, 0.1) is 5.54 Å². The molecule has 3 nitrogen and oxygen atoms in total. The van der Waals surface area contributed by atoms with Gasteiger partial charge in [0.25, 0.3) is 0 Å². The molecule has 2 rings (SSSR count). The van der Waals surface area contributed by atoms with Gasteiger partial charge < -0.3 is 10.6 Å². The summed E-state index contributed by atoms with van der Waals surface area (Å²) in [5.74, 6) is 2.26. The van der Waals surface area contributed by atoms with Gasteiger partial charge in [-0.05, 0) is 12.2 Å². The number of nitrogens with one attached hydrogen (secondary N) is 2. The lowest BCUT2D eigenvalue weighted by Crippen LogP contribution is -2.43. The number of carbonyl (C=O) groups is 1. The van der Waals surface area contributed by atoms with E-state index in [0.29, 0.717) is 0 Å². The van der Waals surface area contributed by atoms with Crippen LogP contribution in [0.25, 0.3) is 0 Å². The van der Waals surface area contributed by atoms with Crippen LogP contribution in [0.3, 0.4) is 0 Å². The molecule has 0 aromatic carbocycles. The fourth-order valence-corrected chi connectivity index (χ4v) is 2.81. The molecule has 2 fully saturated rings. The lowest BCUT2D eigenvalue weighted by molar-refractivity contribution is 0.245. The van der Waals surface area contributed by atoms with Crippen LogP contribution in [0.4, 0.5) is 4.79 Å². The van der Waals surface area contributed by atoms with Gasteiger partial charge in [-0.15, -0.1) is 0 Å². The molecule has 0 aromatic heterocycles. The number of urea groups is 1. The van der Waals surface area contributed by atoms with Gasteiger partial charge in [-0.1, -0.05) is 0 Å². The van der Waals surface area contributed by atoms with Crippen LogP contribution < -0.4 is 10.6 Å². The van der Waals surface area contributed by atoms with Crippen molar-refractivity contribution in [3.05, 3.63) is 0 Å². The molecule has 2 aliphatic rings. The van der Waals surface area contributed by atoms with Crippen molar-refractivity contribution in [2.45, 2.75) is 12.0 Å². The van der Waals surface area contributed by atoms with E-state index in [1.807, 2.05) is 11.8 Å².